The molecule has 0 aromatic rings. The Labute approximate surface area is 123 Å². The number of ether oxygens (including phenoxy) is 2. The number of urea groups is 1. The molecule has 3 amide bonds. The van der Waals surface area contributed by atoms with Crippen LogP contribution in [0.1, 0.15) is 40.0 Å². The van der Waals surface area contributed by atoms with Gasteiger partial charge in [-0.3, -0.25) is 14.5 Å². The Hall–Kier alpha value is -1.63. The van der Waals surface area contributed by atoms with Gasteiger partial charge < -0.3 is 14.8 Å². The van der Waals surface area contributed by atoms with Crippen LogP contribution in [0.15, 0.2) is 0 Å². The van der Waals surface area contributed by atoms with Gasteiger partial charge in [0.05, 0.1) is 6.42 Å². The first kappa shape index (κ1) is 15.8. The number of carbonyl (C=O) groups is 3. The van der Waals surface area contributed by atoms with E-state index in [-0.39, 0.29) is 18.9 Å². The van der Waals surface area contributed by atoms with Crippen molar-refractivity contribution < 1.29 is 23.9 Å². The predicted molar refractivity (Wildman–Crippen MR) is 73.5 cm³/mol. The number of nitrogens with zero attached hydrogens (tertiary/aromatic N) is 1. The van der Waals surface area contributed by atoms with Gasteiger partial charge in [-0.15, -0.1) is 0 Å². The number of carbonyl (C=O) groups excluding carboxylic acids is 3. The Morgan fingerprint density at radius 3 is 2.52 bits per heavy atom. The van der Waals surface area contributed by atoms with E-state index >= 15 is 0 Å². The third kappa shape index (κ3) is 3.53. The smallest absolute Gasteiger partial charge is 0.325 e. The minimum Gasteiger partial charge on any atom is -0.460 e. The van der Waals surface area contributed by atoms with Gasteiger partial charge in [0.2, 0.25) is 0 Å². The maximum absolute atomic E-state index is 12.4. The fourth-order valence-electron chi connectivity index (χ4n) is 2.53. The Kier molecular flexibility index (Phi) is 4.22. The average molecular weight is 298 g/mol. The number of esters is 1. The maximum Gasteiger partial charge on any atom is 0.325 e. The molecule has 2 fully saturated rings. The van der Waals surface area contributed by atoms with Crippen molar-refractivity contribution in [3.8, 4) is 0 Å². The normalized spacial score (nSPS) is 21.6. The molecule has 2 saturated heterocycles. The lowest BCUT2D eigenvalue weighted by molar-refractivity contribution is -0.155. The summed E-state index contributed by atoms with van der Waals surface area (Å²) in [5, 5.41) is 2.75. The lowest BCUT2D eigenvalue weighted by Crippen LogP contribution is -2.51. The van der Waals surface area contributed by atoms with Gasteiger partial charge in [0, 0.05) is 32.6 Å². The van der Waals surface area contributed by atoms with E-state index in [1.165, 1.54) is 0 Å². The zero-order valence-corrected chi connectivity index (χ0v) is 12.7. The van der Waals surface area contributed by atoms with Gasteiger partial charge in [0.1, 0.15) is 11.1 Å². The number of rotatable bonds is 3. The number of imide groups is 1. The van der Waals surface area contributed by atoms with E-state index in [9.17, 15) is 14.4 Å². The van der Waals surface area contributed by atoms with Crippen LogP contribution in [-0.4, -0.2) is 53.7 Å². The summed E-state index contributed by atoms with van der Waals surface area (Å²) in [7, 11) is 0. The molecule has 0 bridgehead atoms. The summed E-state index contributed by atoms with van der Waals surface area (Å²) in [5.74, 6) is -0.685. The quantitative estimate of drug-likeness (QED) is 0.616. The van der Waals surface area contributed by atoms with Gasteiger partial charge in [0.15, 0.2) is 0 Å². The molecule has 7 nitrogen and oxygen atoms in total. The summed E-state index contributed by atoms with van der Waals surface area (Å²) in [6.07, 6.45) is 0.948. The van der Waals surface area contributed by atoms with Crippen LogP contribution in [0.5, 0.6) is 0 Å². The zero-order valence-electron chi connectivity index (χ0n) is 12.7. The van der Waals surface area contributed by atoms with Crippen molar-refractivity contribution in [3.63, 3.8) is 0 Å². The van der Waals surface area contributed by atoms with Crippen molar-refractivity contribution in [1.29, 1.82) is 0 Å². The molecule has 0 saturated carbocycles. The van der Waals surface area contributed by atoms with Gasteiger partial charge in [-0.2, -0.15) is 0 Å². The van der Waals surface area contributed by atoms with E-state index in [2.05, 4.69) is 5.32 Å². The van der Waals surface area contributed by atoms with Crippen molar-refractivity contribution in [2.75, 3.05) is 19.8 Å². The summed E-state index contributed by atoms with van der Waals surface area (Å²) < 4.78 is 10.4. The fraction of sp³-hybridized carbons (Fsp3) is 0.786. The largest absolute Gasteiger partial charge is 0.460 e. The molecule has 118 valence electrons. The van der Waals surface area contributed by atoms with Gasteiger partial charge in [-0.05, 0) is 20.8 Å². The van der Waals surface area contributed by atoms with Crippen LogP contribution in [0, 0.1) is 0 Å². The van der Waals surface area contributed by atoms with Crippen LogP contribution in [0.3, 0.4) is 0 Å². The molecule has 0 aromatic heterocycles. The van der Waals surface area contributed by atoms with Crippen molar-refractivity contribution in [2.45, 2.75) is 51.2 Å². The minimum absolute atomic E-state index is 0.00299. The third-order valence-corrected chi connectivity index (χ3v) is 3.55. The molecule has 2 heterocycles. The molecule has 2 aliphatic heterocycles. The molecule has 0 aromatic carbocycles. The highest BCUT2D eigenvalue weighted by molar-refractivity contribution is 6.07. The summed E-state index contributed by atoms with van der Waals surface area (Å²) in [6, 6.07) is -0.439. The second-order valence-electron chi connectivity index (χ2n) is 6.42. The van der Waals surface area contributed by atoms with E-state index < -0.39 is 23.1 Å². The first-order valence-electron chi connectivity index (χ1n) is 7.17. The van der Waals surface area contributed by atoms with Crippen LogP contribution in [0.4, 0.5) is 4.79 Å². The van der Waals surface area contributed by atoms with Crippen molar-refractivity contribution in [2.24, 2.45) is 0 Å². The second-order valence-corrected chi connectivity index (χ2v) is 6.42. The van der Waals surface area contributed by atoms with E-state index in [0.29, 0.717) is 26.1 Å². The van der Waals surface area contributed by atoms with Gasteiger partial charge >= 0.3 is 12.0 Å². The monoisotopic (exact) mass is 298 g/mol. The number of hydrogen-bond donors (Lipinski definition) is 1. The van der Waals surface area contributed by atoms with Crippen molar-refractivity contribution in [3.05, 3.63) is 0 Å². The maximum atomic E-state index is 12.4. The lowest BCUT2D eigenvalue weighted by Gasteiger charge is -2.30. The summed E-state index contributed by atoms with van der Waals surface area (Å²) >= 11 is 0. The van der Waals surface area contributed by atoms with E-state index in [0.717, 1.165) is 4.90 Å². The summed E-state index contributed by atoms with van der Waals surface area (Å²) in [5.41, 5.74) is -1.42. The van der Waals surface area contributed by atoms with Crippen molar-refractivity contribution in [1.82, 2.24) is 10.2 Å². The number of nitrogens with one attached hydrogen (secondary N) is 1. The molecule has 2 aliphatic rings. The minimum atomic E-state index is -0.844. The SMILES string of the molecule is CC(C)(C)OC(=O)CCN1C(=O)NC2(CCOCC2)C1=O. The van der Waals surface area contributed by atoms with Crippen LogP contribution < -0.4 is 5.32 Å². The third-order valence-electron chi connectivity index (χ3n) is 3.55. The molecule has 0 atom stereocenters. The zero-order chi connectivity index (χ0) is 15.7. The second kappa shape index (κ2) is 5.63. The molecule has 21 heavy (non-hydrogen) atoms. The molecule has 0 unspecified atom stereocenters. The van der Waals surface area contributed by atoms with E-state index in [1.807, 2.05) is 0 Å². The van der Waals surface area contributed by atoms with Crippen LogP contribution in [0.2, 0.25) is 0 Å². The van der Waals surface area contributed by atoms with E-state index in [4.69, 9.17) is 9.47 Å². The Bertz CT molecular complexity index is 449. The van der Waals surface area contributed by atoms with Crippen LogP contribution in [0.25, 0.3) is 0 Å². The fourth-order valence-corrected chi connectivity index (χ4v) is 2.53. The van der Waals surface area contributed by atoms with Crippen molar-refractivity contribution >= 4 is 17.9 Å². The molecule has 0 radical (unpaired) electrons. The molecular formula is C14H22N2O5. The molecule has 2 rings (SSSR count). The van der Waals surface area contributed by atoms with E-state index in [1.54, 1.807) is 20.8 Å². The average Bonchev–Trinajstić information content (AvgIpc) is 2.58. The first-order valence-corrected chi connectivity index (χ1v) is 7.17. The van der Waals surface area contributed by atoms with Gasteiger partial charge in [-0.25, -0.2) is 4.79 Å². The Balaban J connectivity index is 1.93. The molecule has 0 aliphatic carbocycles. The number of amides is 3. The summed E-state index contributed by atoms with van der Waals surface area (Å²) in [4.78, 5) is 37.2. The highest BCUT2D eigenvalue weighted by Gasteiger charge is 2.51. The lowest BCUT2D eigenvalue weighted by atomic mass is 9.90. The topological polar surface area (TPSA) is 84.9 Å². The molecule has 1 N–H and O–H groups in total. The predicted octanol–water partition coefficient (Wildman–Crippen LogP) is 0.819. The van der Waals surface area contributed by atoms with Crippen LogP contribution in [-0.2, 0) is 19.1 Å². The first-order chi connectivity index (χ1) is 9.73. The van der Waals surface area contributed by atoms with Gasteiger partial charge in [0.25, 0.3) is 5.91 Å². The Morgan fingerprint density at radius 2 is 1.95 bits per heavy atom. The highest BCUT2D eigenvalue weighted by Crippen LogP contribution is 2.28. The van der Waals surface area contributed by atoms with Crippen LogP contribution >= 0.6 is 0 Å². The highest BCUT2D eigenvalue weighted by atomic mass is 16.6. The summed E-state index contributed by atoms with van der Waals surface area (Å²) in [6.45, 7) is 6.26. The molecule has 7 heteroatoms. The standard InChI is InChI=1S/C14H22N2O5/c1-13(2,3)21-10(17)4-7-16-11(18)14(15-12(16)19)5-8-20-9-6-14/h4-9H2,1-3H3,(H,15,19). The molecule has 1 spiro atoms. The number of hydrogen-bond acceptors (Lipinski definition) is 5. The van der Waals surface area contributed by atoms with Gasteiger partial charge in [-0.1, -0.05) is 0 Å². The molecular weight excluding hydrogens is 276 g/mol. The Morgan fingerprint density at radius 1 is 1.33 bits per heavy atom.